The SMILES string of the molecule is COc1cc(-n2ccc(CN(CC(=O)O)CC(=O)O)n2)nc(-n2ccc(CN(CC(=O)O)CC(=O)O)n2)c1. The van der Waals surface area contributed by atoms with Gasteiger partial charge in [0.25, 0.3) is 0 Å². The Morgan fingerprint density at radius 2 is 1.11 bits per heavy atom. The van der Waals surface area contributed by atoms with Gasteiger partial charge in [-0.1, -0.05) is 0 Å². The van der Waals surface area contributed by atoms with E-state index in [1.807, 2.05) is 0 Å². The van der Waals surface area contributed by atoms with Gasteiger partial charge in [0.05, 0.1) is 44.7 Å². The molecular weight excluding hydrogens is 506 g/mol. The second-order valence-electron chi connectivity index (χ2n) is 8.09. The minimum atomic E-state index is -1.17. The largest absolute Gasteiger partial charge is 0.496 e. The molecule has 0 amide bonds. The molecule has 0 aliphatic rings. The van der Waals surface area contributed by atoms with E-state index < -0.39 is 50.1 Å². The minimum Gasteiger partial charge on any atom is -0.496 e. The van der Waals surface area contributed by atoms with Crippen LogP contribution in [0.5, 0.6) is 5.75 Å². The third kappa shape index (κ3) is 8.10. The van der Waals surface area contributed by atoms with Crippen molar-refractivity contribution in [2.24, 2.45) is 0 Å². The fourth-order valence-electron chi connectivity index (χ4n) is 3.54. The molecule has 0 aliphatic carbocycles. The van der Waals surface area contributed by atoms with Crippen LogP contribution in [0.2, 0.25) is 0 Å². The lowest BCUT2D eigenvalue weighted by atomic mass is 10.3. The van der Waals surface area contributed by atoms with Gasteiger partial charge in [0.15, 0.2) is 11.6 Å². The zero-order valence-corrected chi connectivity index (χ0v) is 20.2. The summed E-state index contributed by atoms with van der Waals surface area (Å²) in [5.41, 5.74) is 0.828. The van der Waals surface area contributed by atoms with Gasteiger partial charge in [-0.05, 0) is 12.1 Å². The van der Waals surface area contributed by atoms with Crippen molar-refractivity contribution in [3.63, 3.8) is 0 Å². The van der Waals surface area contributed by atoms with Gasteiger partial charge < -0.3 is 25.2 Å². The Bertz CT molecular complexity index is 1190. The Balaban J connectivity index is 1.83. The van der Waals surface area contributed by atoms with E-state index >= 15 is 0 Å². The van der Waals surface area contributed by atoms with Crippen molar-refractivity contribution in [3.8, 4) is 17.4 Å². The van der Waals surface area contributed by atoms with Crippen LogP contribution in [0, 0.1) is 0 Å². The number of aliphatic carboxylic acids is 4. The normalized spacial score (nSPS) is 11.1. The van der Waals surface area contributed by atoms with Crippen LogP contribution < -0.4 is 4.74 Å². The van der Waals surface area contributed by atoms with E-state index in [-0.39, 0.29) is 13.1 Å². The molecule has 3 aromatic heterocycles. The number of methoxy groups -OCH3 is 1. The third-order valence-corrected chi connectivity index (χ3v) is 4.97. The van der Waals surface area contributed by atoms with Gasteiger partial charge in [-0.25, -0.2) is 14.3 Å². The minimum absolute atomic E-state index is 0.0197. The molecule has 0 atom stereocenters. The molecule has 0 spiro atoms. The number of carbonyl (C=O) groups is 4. The summed E-state index contributed by atoms with van der Waals surface area (Å²) in [5, 5.41) is 44.9. The highest BCUT2D eigenvalue weighted by Crippen LogP contribution is 2.20. The fraction of sp³-hybridized carbons (Fsp3) is 0.318. The number of hydrogen-bond acceptors (Lipinski definition) is 10. The van der Waals surface area contributed by atoms with Crippen LogP contribution in [-0.4, -0.2) is 112 Å². The van der Waals surface area contributed by atoms with Crippen LogP contribution in [-0.2, 0) is 32.3 Å². The number of carboxylic acid groups (broad SMARTS) is 4. The lowest BCUT2D eigenvalue weighted by Gasteiger charge is -2.16. The first-order valence-electron chi connectivity index (χ1n) is 11.0. The van der Waals surface area contributed by atoms with E-state index in [4.69, 9.17) is 25.2 Å². The number of rotatable bonds is 15. The zero-order chi connectivity index (χ0) is 27.8. The maximum absolute atomic E-state index is 11.1. The molecule has 38 heavy (non-hydrogen) atoms. The molecule has 202 valence electrons. The Morgan fingerprint density at radius 1 is 0.737 bits per heavy atom. The maximum atomic E-state index is 11.1. The molecule has 0 unspecified atom stereocenters. The monoisotopic (exact) mass is 531 g/mol. The maximum Gasteiger partial charge on any atom is 0.317 e. The van der Waals surface area contributed by atoms with Gasteiger partial charge >= 0.3 is 23.9 Å². The Labute approximate surface area is 214 Å². The van der Waals surface area contributed by atoms with Crippen LogP contribution in [0.1, 0.15) is 11.4 Å². The summed E-state index contributed by atoms with van der Waals surface area (Å²) in [6.45, 7) is -1.93. The van der Waals surface area contributed by atoms with E-state index in [0.29, 0.717) is 28.8 Å². The first-order valence-corrected chi connectivity index (χ1v) is 11.0. The van der Waals surface area contributed by atoms with Crippen LogP contribution in [0.3, 0.4) is 0 Å². The van der Waals surface area contributed by atoms with Gasteiger partial charge in [0, 0.05) is 37.6 Å². The topological polar surface area (TPSA) is 213 Å². The average Bonchev–Trinajstić information content (AvgIpc) is 3.47. The number of hydrogen-bond donors (Lipinski definition) is 4. The fourth-order valence-corrected chi connectivity index (χ4v) is 3.54. The predicted octanol–water partition coefficient (Wildman–Crippen LogP) is -0.596. The van der Waals surface area contributed by atoms with Gasteiger partial charge in [-0.15, -0.1) is 0 Å². The standard InChI is InChI=1S/C22H25N7O9/c1-38-16-6-17(28-4-2-14(24-28)8-26(10-19(30)31)11-20(32)33)23-18(7-16)29-5-3-15(25-29)9-27(12-21(34)35)13-22(36)37/h2-7H,8-13H2,1H3,(H,30,31)(H,32,33)(H,34,35)(H,36,37). The summed E-state index contributed by atoms with van der Waals surface area (Å²) >= 11 is 0. The molecule has 0 aliphatic heterocycles. The van der Waals surface area contributed by atoms with Crippen LogP contribution in [0.4, 0.5) is 0 Å². The molecule has 3 heterocycles. The van der Waals surface area contributed by atoms with E-state index in [9.17, 15) is 19.2 Å². The van der Waals surface area contributed by atoms with E-state index in [2.05, 4.69) is 15.2 Å². The number of aromatic nitrogens is 5. The second-order valence-corrected chi connectivity index (χ2v) is 8.09. The molecule has 0 radical (unpaired) electrons. The number of nitrogens with zero attached hydrogens (tertiary/aromatic N) is 7. The molecule has 16 heteroatoms. The van der Waals surface area contributed by atoms with Crippen molar-refractivity contribution < 1.29 is 44.3 Å². The number of carboxylic acids is 4. The van der Waals surface area contributed by atoms with Crippen LogP contribution >= 0.6 is 0 Å². The Hall–Kier alpha value is -4.83. The predicted molar refractivity (Wildman–Crippen MR) is 126 cm³/mol. The van der Waals surface area contributed by atoms with Crippen molar-refractivity contribution in [2.45, 2.75) is 13.1 Å². The lowest BCUT2D eigenvalue weighted by Crippen LogP contribution is -2.34. The summed E-state index contributed by atoms with van der Waals surface area (Å²) in [6, 6.07) is 6.39. The number of ether oxygens (including phenoxy) is 1. The average molecular weight is 531 g/mol. The molecule has 3 aromatic rings. The Morgan fingerprint density at radius 3 is 1.42 bits per heavy atom. The highest BCUT2D eigenvalue weighted by Gasteiger charge is 2.18. The van der Waals surface area contributed by atoms with E-state index in [0.717, 1.165) is 0 Å². The van der Waals surface area contributed by atoms with E-state index in [1.165, 1.54) is 26.3 Å². The molecule has 0 saturated carbocycles. The van der Waals surface area contributed by atoms with Gasteiger partial charge in [0.2, 0.25) is 0 Å². The first-order chi connectivity index (χ1) is 18.0. The molecule has 16 nitrogen and oxygen atoms in total. The summed E-state index contributed by atoms with van der Waals surface area (Å²) in [5.74, 6) is -3.62. The smallest absolute Gasteiger partial charge is 0.317 e. The molecule has 0 fully saturated rings. The third-order valence-electron chi connectivity index (χ3n) is 4.97. The van der Waals surface area contributed by atoms with Crippen molar-refractivity contribution >= 4 is 23.9 Å². The van der Waals surface area contributed by atoms with Gasteiger partial charge in [-0.3, -0.25) is 29.0 Å². The summed E-state index contributed by atoms with van der Waals surface area (Å²) in [4.78, 5) is 51.2. The van der Waals surface area contributed by atoms with Gasteiger partial charge in [0.1, 0.15) is 5.75 Å². The molecule has 0 saturated heterocycles. The summed E-state index contributed by atoms with van der Waals surface area (Å²) < 4.78 is 8.18. The zero-order valence-electron chi connectivity index (χ0n) is 20.2. The first kappa shape index (κ1) is 27.8. The quantitative estimate of drug-likeness (QED) is 0.193. The second kappa shape index (κ2) is 12.4. The van der Waals surface area contributed by atoms with Crippen molar-refractivity contribution in [3.05, 3.63) is 48.0 Å². The molecule has 3 rings (SSSR count). The molecule has 0 aromatic carbocycles. The summed E-state index contributed by atoms with van der Waals surface area (Å²) in [7, 11) is 1.46. The Kier molecular flexibility index (Phi) is 9.07. The van der Waals surface area contributed by atoms with Crippen LogP contribution in [0.25, 0.3) is 11.6 Å². The van der Waals surface area contributed by atoms with Crippen molar-refractivity contribution in [2.75, 3.05) is 33.3 Å². The molecule has 0 bridgehead atoms. The molecule has 4 N–H and O–H groups in total. The van der Waals surface area contributed by atoms with Crippen molar-refractivity contribution in [1.29, 1.82) is 0 Å². The molecular formula is C22H25N7O9. The lowest BCUT2D eigenvalue weighted by molar-refractivity contribution is -0.144. The highest BCUT2D eigenvalue weighted by atomic mass is 16.5. The van der Waals surface area contributed by atoms with E-state index in [1.54, 1.807) is 36.7 Å². The summed E-state index contributed by atoms with van der Waals surface area (Å²) in [6.07, 6.45) is 3.15. The van der Waals surface area contributed by atoms with Crippen molar-refractivity contribution in [1.82, 2.24) is 34.3 Å². The van der Waals surface area contributed by atoms with Crippen LogP contribution in [0.15, 0.2) is 36.7 Å². The van der Waals surface area contributed by atoms with Gasteiger partial charge in [-0.2, -0.15) is 10.2 Å². The highest BCUT2D eigenvalue weighted by molar-refractivity contribution is 5.73. The number of pyridine rings is 1.